The lowest BCUT2D eigenvalue weighted by atomic mass is 10.0. The van der Waals surface area contributed by atoms with Gasteiger partial charge in [-0.25, -0.2) is 8.78 Å². The van der Waals surface area contributed by atoms with Gasteiger partial charge in [0.15, 0.2) is 0 Å². The van der Waals surface area contributed by atoms with Gasteiger partial charge < -0.3 is 10.1 Å². The van der Waals surface area contributed by atoms with Gasteiger partial charge >= 0.3 is 0 Å². The molecule has 20 heavy (non-hydrogen) atoms. The lowest BCUT2D eigenvalue weighted by molar-refractivity contribution is -0.0144. The van der Waals surface area contributed by atoms with Gasteiger partial charge in [0.05, 0.1) is 12.2 Å². The molecule has 0 radical (unpaired) electrons. The molecule has 0 amide bonds. The summed E-state index contributed by atoms with van der Waals surface area (Å²) in [4.78, 5) is 0. The van der Waals surface area contributed by atoms with E-state index < -0.39 is 5.82 Å². The number of benzene rings is 1. The van der Waals surface area contributed by atoms with Crippen molar-refractivity contribution in [1.29, 1.82) is 0 Å². The van der Waals surface area contributed by atoms with Gasteiger partial charge in [-0.05, 0) is 63.9 Å². The van der Waals surface area contributed by atoms with Crippen LogP contribution in [0.4, 0.5) is 8.78 Å². The first-order valence-electron chi connectivity index (χ1n) is 7.13. The lowest BCUT2D eigenvalue weighted by Gasteiger charge is -2.25. The van der Waals surface area contributed by atoms with Crippen molar-refractivity contribution in [2.24, 2.45) is 0 Å². The zero-order valence-corrected chi connectivity index (χ0v) is 12.8. The minimum absolute atomic E-state index is 0.0227. The second-order valence-electron chi connectivity index (χ2n) is 6.01. The summed E-state index contributed by atoms with van der Waals surface area (Å²) in [6, 6.07) is 3.54. The second kappa shape index (κ2) is 7.70. The Morgan fingerprint density at radius 3 is 2.55 bits per heavy atom. The Balaban J connectivity index is 2.70. The van der Waals surface area contributed by atoms with Crippen molar-refractivity contribution in [2.75, 3.05) is 13.2 Å². The fourth-order valence-corrected chi connectivity index (χ4v) is 1.85. The van der Waals surface area contributed by atoms with Gasteiger partial charge in [0.2, 0.25) is 0 Å². The topological polar surface area (TPSA) is 21.3 Å². The summed E-state index contributed by atoms with van der Waals surface area (Å²) >= 11 is 0. The minimum Gasteiger partial charge on any atom is -0.374 e. The molecule has 4 heteroatoms. The fraction of sp³-hybridized carbons (Fsp3) is 0.625. The van der Waals surface area contributed by atoms with Crippen molar-refractivity contribution in [3.05, 3.63) is 35.4 Å². The third-order valence-corrected chi connectivity index (χ3v) is 2.87. The smallest absolute Gasteiger partial charge is 0.126 e. The Bertz CT molecular complexity index is 415. The summed E-state index contributed by atoms with van der Waals surface area (Å²) in [5.74, 6) is -0.780. The van der Waals surface area contributed by atoms with E-state index in [0.29, 0.717) is 18.6 Å². The first-order valence-corrected chi connectivity index (χ1v) is 7.13. The summed E-state index contributed by atoms with van der Waals surface area (Å²) in [5, 5.41) is 3.32. The van der Waals surface area contributed by atoms with Crippen LogP contribution in [0, 0.1) is 11.6 Å². The Kier molecular flexibility index (Phi) is 6.56. The molecule has 0 fully saturated rings. The molecular formula is C16H25F2NO. The van der Waals surface area contributed by atoms with Crippen LogP contribution in [0.25, 0.3) is 0 Å². The molecule has 114 valence electrons. The predicted octanol–water partition coefficient (Wildman–Crippen LogP) is 3.69. The fourth-order valence-electron chi connectivity index (χ4n) is 1.85. The van der Waals surface area contributed by atoms with E-state index in [4.69, 9.17) is 4.74 Å². The van der Waals surface area contributed by atoms with Crippen LogP contribution in [0.1, 0.15) is 39.7 Å². The molecule has 1 aromatic rings. The van der Waals surface area contributed by atoms with E-state index in [2.05, 4.69) is 12.2 Å². The molecule has 0 spiro atoms. The van der Waals surface area contributed by atoms with E-state index >= 15 is 0 Å². The molecule has 2 nitrogen and oxygen atoms in total. The normalized spacial score (nSPS) is 13.5. The molecule has 1 atom stereocenters. The highest BCUT2D eigenvalue weighted by atomic mass is 19.1. The maximum atomic E-state index is 13.7. The maximum Gasteiger partial charge on any atom is 0.126 e. The van der Waals surface area contributed by atoms with Gasteiger partial charge in [-0.1, -0.05) is 6.92 Å². The maximum absolute atomic E-state index is 13.7. The number of hydrogen-bond donors (Lipinski definition) is 1. The van der Waals surface area contributed by atoms with Crippen molar-refractivity contribution in [3.8, 4) is 0 Å². The van der Waals surface area contributed by atoms with Crippen LogP contribution in [0.5, 0.6) is 0 Å². The summed E-state index contributed by atoms with van der Waals surface area (Å²) in [6.07, 6.45) is 1.40. The molecule has 1 rings (SSSR count). The number of halogens is 2. The van der Waals surface area contributed by atoms with E-state index in [0.717, 1.165) is 19.0 Å². The highest BCUT2D eigenvalue weighted by molar-refractivity contribution is 5.19. The Labute approximate surface area is 120 Å². The minimum atomic E-state index is -0.410. The monoisotopic (exact) mass is 285 g/mol. The standard InChI is InChI=1S/C16H25F2NO/c1-5-8-19-14(11-20-16(2,3)4)10-12-9-13(17)6-7-15(12)18/h6-7,9,14,19H,5,8,10-11H2,1-4H3. The first kappa shape index (κ1) is 17.1. The van der Waals surface area contributed by atoms with Crippen LogP contribution < -0.4 is 5.32 Å². The molecule has 0 aliphatic heterocycles. The molecule has 0 bridgehead atoms. The van der Waals surface area contributed by atoms with Gasteiger partial charge in [-0.15, -0.1) is 0 Å². The highest BCUT2D eigenvalue weighted by Crippen LogP contribution is 2.14. The van der Waals surface area contributed by atoms with Crippen molar-refractivity contribution < 1.29 is 13.5 Å². The SMILES string of the molecule is CCCNC(COC(C)(C)C)Cc1cc(F)ccc1F. The van der Waals surface area contributed by atoms with Crippen molar-refractivity contribution in [1.82, 2.24) is 5.32 Å². The van der Waals surface area contributed by atoms with Crippen molar-refractivity contribution in [3.63, 3.8) is 0 Å². The Morgan fingerprint density at radius 2 is 1.95 bits per heavy atom. The lowest BCUT2D eigenvalue weighted by Crippen LogP contribution is -2.38. The van der Waals surface area contributed by atoms with Crippen LogP contribution in [0.3, 0.4) is 0 Å². The zero-order valence-electron chi connectivity index (χ0n) is 12.8. The third kappa shape index (κ3) is 6.44. The number of nitrogens with one attached hydrogen (secondary N) is 1. The van der Waals surface area contributed by atoms with E-state index in [1.165, 1.54) is 12.1 Å². The van der Waals surface area contributed by atoms with Gasteiger partial charge in [0, 0.05) is 6.04 Å². The van der Waals surface area contributed by atoms with Crippen LogP contribution in [-0.2, 0) is 11.2 Å². The third-order valence-electron chi connectivity index (χ3n) is 2.87. The molecule has 0 aliphatic carbocycles. The van der Waals surface area contributed by atoms with E-state index in [1.807, 2.05) is 20.8 Å². The molecular weight excluding hydrogens is 260 g/mol. The number of ether oxygens (including phenoxy) is 1. The van der Waals surface area contributed by atoms with E-state index in [9.17, 15) is 8.78 Å². The van der Waals surface area contributed by atoms with Crippen LogP contribution in [-0.4, -0.2) is 24.8 Å². The second-order valence-corrected chi connectivity index (χ2v) is 6.01. The molecule has 1 aromatic carbocycles. The molecule has 0 heterocycles. The molecule has 0 aliphatic rings. The molecule has 1 N–H and O–H groups in total. The highest BCUT2D eigenvalue weighted by Gasteiger charge is 2.17. The van der Waals surface area contributed by atoms with E-state index in [-0.39, 0.29) is 17.5 Å². The summed E-state index contributed by atoms with van der Waals surface area (Å²) in [7, 11) is 0. The van der Waals surface area contributed by atoms with Crippen molar-refractivity contribution in [2.45, 2.75) is 52.2 Å². The van der Waals surface area contributed by atoms with Gasteiger partial charge in [0.25, 0.3) is 0 Å². The molecule has 0 saturated heterocycles. The number of hydrogen-bond acceptors (Lipinski definition) is 2. The average Bonchev–Trinajstić information content (AvgIpc) is 2.36. The van der Waals surface area contributed by atoms with Crippen LogP contribution in [0.15, 0.2) is 18.2 Å². The average molecular weight is 285 g/mol. The number of rotatable bonds is 7. The predicted molar refractivity (Wildman–Crippen MR) is 77.8 cm³/mol. The Morgan fingerprint density at radius 1 is 1.25 bits per heavy atom. The largest absolute Gasteiger partial charge is 0.374 e. The van der Waals surface area contributed by atoms with Crippen LogP contribution >= 0.6 is 0 Å². The van der Waals surface area contributed by atoms with Crippen molar-refractivity contribution >= 4 is 0 Å². The van der Waals surface area contributed by atoms with E-state index in [1.54, 1.807) is 0 Å². The Hall–Kier alpha value is -1.00. The van der Waals surface area contributed by atoms with Gasteiger partial charge in [-0.2, -0.15) is 0 Å². The molecule has 0 aromatic heterocycles. The van der Waals surface area contributed by atoms with Gasteiger partial charge in [-0.3, -0.25) is 0 Å². The van der Waals surface area contributed by atoms with Gasteiger partial charge in [0.1, 0.15) is 11.6 Å². The summed E-state index contributed by atoms with van der Waals surface area (Å²) < 4.78 is 32.6. The zero-order chi connectivity index (χ0) is 15.2. The molecule has 1 unspecified atom stereocenters. The first-order chi connectivity index (χ1) is 9.31. The summed E-state index contributed by atoms with van der Waals surface area (Å²) in [6.45, 7) is 9.30. The summed E-state index contributed by atoms with van der Waals surface area (Å²) in [5.41, 5.74) is 0.142. The van der Waals surface area contributed by atoms with Crippen LogP contribution in [0.2, 0.25) is 0 Å². The quantitative estimate of drug-likeness (QED) is 0.825. The molecule has 0 saturated carbocycles.